The van der Waals surface area contributed by atoms with Crippen LogP contribution in [0.4, 0.5) is 0 Å². The molecule has 0 radical (unpaired) electrons. The van der Waals surface area contributed by atoms with Gasteiger partial charge in [-0.15, -0.1) is 15.0 Å². The van der Waals surface area contributed by atoms with Crippen LogP contribution in [0.25, 0.3) is 0 Å². The molecule has 2 aliphatic heterocycles. The van der Waals surface area contributed by atoms with Gasteiger partial charge in [-0.05, 0) is 6.92 Å². The second kappa shape index (κ2) is 11.6. The van der Waals surface area contributed by atoms with Crippen molar-refractivity contribution in [2.45, 2.75) is 68.3 Å². The van der Waals surface area contributed by atoms with Crippen molar-refractivity contribution in [2.24, 2.45) is 0 Å². The highest BCUT2D eigenvalue weighted by molar-refractivity contribution is 5.09. The number of hydrogen-bond donors (Lipinski definition) is 7. The summed E-state index contributed by atoms with van der Waals surface area (Å²) in [5.41, 5.74) is 0. The molecular formula is C18H29N3O13. The van der Waals surface area contributed by atoms with Crippen molar-refractivity contribution in [3.8, 4) is 18.0 Å². The van der Waals surface area contributed by atoms with Crippen molar-refractivity contribution < 1.29 is 64.2 Å². The first kappa shape index (κ1) is 26.6. The van der Waals surface area contributed by atoms with E-state index in [1.807, 2.05) is 0 Å². The van der Waals surface area contributed by atoms with Crippen LogP contribution in [0.1, 0.15) is 6.92 Å². The number of aliphatic hydroxyl groups excluding tert-OH is 7. The first-order valence-electron chi connectivity index (χ1n) is 10.4. The van der Waals surface area contributed by atoms with Gasteiger partial charge < -0.3 is 64.2 Å². The lowest BCUT2D eigenvalue weighted by atomic mass is 9.97. The van der Waals surface area contributed by atoms with Gasteiger partial charge >= 0.3 is 18.0 Å². The average molecular weight is 495 g/mol. The lowest BCUT2D eigenvalue weighted by Crippen LogP contribution is -2.65. The molecular weight excluding hydrogens is 466 g/mol. The third kappa shape index (κ3) is 5.62. The lowest BCUT2D eigenvalue weighted by Gasteiger charge is -2.45. The van der Waals surface area contributed by atoms with Crippen LogP contribution >= 0.6 is 0 Å². The largest absolute Gasteiger partial charge is 0.467 e. The summed E-state index contributed by atoms with van der Waals surface area (Å²) in [6.07, 6.45) is -15.9. The van der Waals surface area contributed by atoms with Gasteiger partial charge in [0, 0.05) is 0 Å². The van der Waals surface area contributed by atoms with E-state index in [2.05, 4.69) is 15.0 Å². The Morgan fingerprint density at radius 3 is 1.94 bits per heavy atom. The molecule has 16 heteroatoms. The van der Waals surface area contributed by atoms with Crippen molar-refractivity contribution in [3.63, 3.8) is 0 Å². The summed E-state index contributed by atoms with van der Waals surface area (Å²) in [6, 6.07) is -0.642. The van der Waals surface area contributed by atoms with Crippen molar-refractivity contribution in [3.05, 3.63) is 0 Å². The summed E-state index contributed by atoms with van der Waals surface area (Å²) in [5.74, 6) is 0. The molecule has 0 saturated carbocycles. The smallest absolute Gasteiger partial charge is 0.328 e. The Hall–Kier alpha value is -1.99. The van der Waals surface area contributed by atoms with E-state index in [0.717, 1.165) is 0 Å². The van der Waals surface area contributed by atoms with E-state index < -0.39 is 74.6 Å². The van der Waals surface area contributed by atoms with E-state index >= 15 is 0 Å². The fourth-order valence-electron chi connectivity index (χ4n) is 3.41. The van der Waals surface area contributed by atoms with Gasteiger partial charge in [-0.1, -0.05) is 0 Å². The summed E-state index contributed by atoms with van der Waals surface area (Å²) < 4.78 is 31.8. The normalized spacial score (nSPS) is 38.4. The number of aromatic nitrogens is 3. The summed E-state index contributed by atoms with van der Waals surface area (Å²) in [7, 11) is 1.30. The highest BCUT2D eigenvalue weighted by Gasteiger charge is 2.51. The lowest BCUT2D eigenvalue weighted by molar-refractivity contribution is -0.352. The summed E-state index contributed by atoms with van der Waals surface area (Å²) >= 11 is 0. The number of methoxy groups -OCH3 is 1. The molecule has 3 rings (SSSR count). The van der Waals surface area contributed by atoms with Crippen LogP contribution in [0.2, 0.25) is 0 Å². The average Bonchev–Trinajstić information content (AvgIpc) is 2.83. The molecule has 7 N–H and O–H groups in total. The molecule has 1 aromatic rings. The predicted octanol–water partition coefficient (Wildman–Crippen LogP) is -4.72. The molecule has 10 atom stereocenters. The fraction of sp³-hybridized carbons (Fsp3) is 0.833. The molecule has 194 valence electrons. The van der Waals surface area contributed by atoms with E-state index in [-0.39, 0.29) is 24.6 Å². The van der Waals surface area contributed by atoms with Crippen molar-refractivity contribution in [1.29, 1.82) is 0 Å². The quantitative estimate of drug-likeness (QED) is 0.170. The molecule has 1 aromatic heterocycles. The zero-order valence-corrected chi connectivity index (χ0v) is 18.3. The number of aliphatic hydroxyl groups is 7. The third-order valence-corrected chi connectivity index (χ3v) is 5.21. The third-order valence-electron chi connectivity index (χ3n) is 5.21. The highest BCUT2D eigenvalue weighted by atomic mass is 16.7. The van der Waals surface area contributed by atoms with Crippen LogP contribution in [0.5, 0.6) is 18.0 Å². The van der Waals surface area contributed by atoms with E-state index in [0.29, 0.717) is 0 Å². The van der Waals surface area contributed by atoms with Crippen LogP contribution in [0.15, 0.2) is 0 Å². The standard InChI is InChI=1S/C18H29N3O13/c1-3-30-17-19-16(29-2)20-18(21-17)34-15-12(28)10(26)13(7(5-23)32-15)33-14-11(27)9(25)8(24)6(4-22)31-14/h6-15,22-28H,3-5H2,1-2H3/t6-,7-,8+,9+,10-,11-,12-,13-,14+,15+/m1/s1. The maximum Gasteiger partial charge on any atom is 0.328 e. The SMILES string of the molecule is CCOc1nc(OC)nc(O[C@@H]2O[C@H](CO)[C@@H](O[C@@H]3O[C@H](CO)[C@H](O)[C@H](O)[C@H]3O)[C@H](O)[C@H]2O)n1. The number of rotatable bonds is 9. The van der Waals surface area contributed by atoms with Gasteiger partial charge in [-0.2, -0.15) is 0 Å². The van der Waals surface area contributed by atoms with Gasteiger partial charge in [0.25, 0.3) is 0 Å². The van der Waals surface area contributed by atoms with E-state index in [1.54, 1.807) is 6.92 Å². The first-order valence-corrected chi connectivity index (χ1v) is 10.4. The minimum Gasteiger partial charge on any atom is -0.467 e. The van der Waals surface area contributed by atoms with Gasteiger partial charge in [-0.25, -0.2) is 0 Å². The second-order valence-corrected chi connectivity index (χ2v) is 7.44. The second-order valence-electron chi connectivity index (χ2n) is 7.44. The summed E-state index contributed by atoms with van der Waals surface area (Å²) in [5, 5.41) is 70.2. The minimum atomic E-state index is -1.77. The summed E-state index contributed by atoms with van der Waals surface area (Å²) in [6.45, 7) is 0.506. The number of ether oxygens (including phenoxy) is 6. The number of nitrogens with zero attached hydrogens (tertiary/aromatic N) is 3. The van der Waals surface area contributed by atoms with Gasteiger partial charge in [0.15, 0.2) is 6.29 Å². The zero-order chi connectivity index (χ0) is 25.0. The van der Waals surface area contributed by atoms with Gasteiger partial charge in [0.1, 0.15) is 48.8 Å². The Bertz CT molecular complexity index is 787. The van der Waals surface area contributed by atoms with Crippen molar-refractivity contribution >= 4 is 0 Å². The Kier molecular flexibility index (Phi) is 9.10. The van der Waals surface area contributed by atoms with Crippen molar-refractivity contribution in [2.75, 3.05) is 26.9 Å². The van der Waals surface area contributed by atoms with Crippen LogP contribution in [-0.4, -0.2) is 139 Å². The molecule has 0 aliphatic carbocycles. The molecule has 0 spiro atoms. The molecule has 2 aliphatic rings. The molecule has 2 saturated heterocycles. The Balaban J connectivity index is 1.74. The van der Waals surface area contributed by atoms with E-state index in [1.165, 1.54) is 7.11 Å². The van der Waals surface area contributed by atoms with Crippen molar-refractivity contribution in [1.82, 2.24) is 15.0 Å². The van der Waals surface area contributed by atoms with Crippen LogP contribution in [0, 0.1) is 0 Å². The van der Waals surface area contributed by atoms with Gasteiger partial charge in [0.2, 0.25) is 6.29 Å². The van der Waals surface area contributed by atoms with E-state index in [9.17, 15) is 35.7 Å². The topological polar surface area (TPSA) is 236 Å². The molecule has 0 unspecified atom stereocenters. The van der Waals surface area contributed by atoms with Gasteiger partial charge in [-0.3, -0.25) is 0 Å². The maximum atomic E-state index is 10.6. The Morgan fingerprint density at radius 1 is 0.735 bits per heavy atom. The monoisotopic (exact) mass is 495 g/mol. The molecule has 34 heavy (non-hydrogen) atoms. The molecule has 2 fully saturated rings. The van der Waals surface area contributed by atoms with Crippen LogP contribution < -0.4 is 14.2 Å². The van der Waals surface area contributed by atoms with E-state index in [4.69, 9.17) is 28.4 Å². The molecule has 0 amide bonds. The highest BCUT2D eigenvalue weighted by Crippen LogP contribution is 2.30. The minimum absolute atomic E-state index is 0.127. The molecule has 0 aromatic carbocycles. The molecule has 0 bridgehead atoms. The summed E-state index contributed by atoms with van der Waals surface area (Å²) in [4.78, 5) is 11.6. The molecule has 16 nitrogen and oxygen atoms in total. The van der Waals surface area contributed by atoms with Gasteiger partial charge in [0.05, 0.1) is 26.9 Å². The predicted molar refractivity (Wildman–Crippen MR) is 105 cm³/mol. The molecule has 3 heterocycles. The maximum absolute atomic E-state index is 10.6. The van der Waals surface area contributed by atoms with Crippen LogP contribution in [-0.2, 0) is 14.2 Å². The fourth-order valence-corrected chi connectivity index (χ4v) is 3.41. The van der Waals surface area contributed by atoms with Crippen LogP contribution in [0.3, 0.4) is 0 Å². The zero-order valence-electron chi connectivity index (χ0n) is 18.3. The number of hydrogen-bond acceptors (Lipinski definition) is 16. The first-order chi connectivity index (χ1) is 16.2. The Morgan fingerprint density at radius 2 is 1.32 bits per heavy atom. The Labute approximate surface area is 193 Å².